The lowest BCUT2D eigenvalue weighted by Crippen LogP contribution is -2.21. The highest BCUT2D eigenvalue weighted by atomic mass is 16.5. The maximum Gasteiger partial charge on any atom is 0.137 e. The van der Waals surface area contributed by atoms with Crippen LogP contribution >= 0.6 is 0 Å². The predicted molar refractivity (Wildman–Crippen MR) is 61.5 cm³/mol. The van der Waals surface area contributed by atoms with Gasteiger partial charge in [-0.15, -0.1) is 0 Å². The molecule has 4 heteroatoms. The number of aromatic nitrogens is 1. The number of ether oxygens (including phenoxy) is 2. The van der Waals surface area contributed by atoms with E-state index in [4.69, 9.17) is 9.47 Å². The monoisotopic (exact) mass is 225 g/mol. The molecule has 90 valence electrons. The summed E-state index contributed by atoms with van der Waals surface area (Å²) in [4.78, 5) is 4.01. The first-order chi connectivity index (χ1) is 7.72. The van der Waals surface area contributed by atoms with Gasteiger partial charge in [0.15, 0.2) is 0 Å². The van der Waals surface area contributed by atoms with Crippen molar-refractivity contribution in [3.63, 3.8) is 0 Å². The Kier molecular flexibility index (Phi) is 5.22. The normalized spacial score (nSPS) is 14.5. The fourth-order valence-electron chi connectivity index (χ4n) is 1.57. The molecule has 1 aromatic heterocycles. The average molecular weight is 225 g/mol. The number of aliphatic hydroxyl groups excluding tert-OH is 1. The SMILES string of the molecule is CCOC(CC)C(O)c1cncc(OC)c1. The Morgan fingerprint density at radius 2 is 2.12 bits per heavy atom. The summed E-state index contributed by atoms with van der Waals surface area (Å²) in [6.07, 6.45) is 3.14. The zero-order valence-corrected chi connectivity index (χ0v) is 10.0. The summed E-state index contributed by atoms with van der Waals surface area (Å²) in [5.74, 6) is 0.642. The van der Waals surface area contributed by atoms with Crippen LogP contribution in [0.1, 0.15) is 31.9 Å². The molecule has 0 amide bonds. The summed E-state index contributed by atoms with van der Waals surface area (Å²) in [7, 11) is 1.58. The van der Waals surface area contributed by atoms with Crippen molar-refractivity contribution in [1.29, 1.82) is 0 Å². The molecule has 2 unspecified atom stereocenters. The molecule has 2 atom stereocenters. The van der Waals surface area contributed by atoms with Crippen LogP contribution < -0.4 is 4.74 Å². The Morgan fingerprint density at radius 3 is 2.69 bits per heavy atom. The van der Waals surface area contributed by atoms with Crippen molar-refractivity contribution in [2.75, 3.05) is 13.7 Å². The van der Waals surface area contributed by atoms with E-state index in [9.17, 15) is 5.11 Å². The van der Waals surface area contributed by atoms with Crippen LogP contribution in [0.5, 0.6) is 5.75 Å². The molecule has 0 saturated carbocycles. The van der Waals surface area contributed by atoms with Gasteiger partial charge < -0.3 is 14.6 Å². The van der Waals surface area contributed by atoms with Crippen LogP contribution in [0.15, 0.2) is 18.5 Å². The molecular formula is C12H19NO3. The molecule has 1 aromatic rings. The predicted octanol–water partition coefficient (Wildman–Crippen LogP) is 1.94. The summed E-state index contributed by atoms with van der Waals surface area (Å²) in [5.41, 5.74) is 0.722. The summed E-state index contributed by atoms with van der Waals surface area (Å²) >= 11 is 0. The molecule has 1 rings (SSSR count). The van der Waals surface area contributed by atoms with E-state index in [-0.39, 0.29) is 6.10 Å². The summed E-state index contributed by atoms with van der Waals surface area (Å²) in [5, 5.41) is 10.1. The van der Waals surface area contributed by atoms with Crippen molar-refractivity contribution in [2.24, 2.45) is 0 Å². The molecule has 0 aliphatic heterocycles. The van der Waals surface area contributed by atoms with Crippen molar-refractivity contribution in [3.8, 4) is 5.75 Å². The quantitative estimate of drug-likeness (QED) is 0.803. The van der Waals surface area contributed by atoms with Crippen LogP contribution in [0, 0.1) is 0 Å². The number of nitrogens with zero attached hydrogens (tertiary/aromatic N) is 1. The van der Waals surface area contributed by atoms with Gasteiger partial charge in [-0.3, -0.25) is 4.98 Å². The van der Waals surface area contributed by atoms with Crippen LogP contribution in [0.2, 0.25) is 0 Å². The smallest absolute Gasteiger partial charge is 0.137 e. The number of pyridine rings is 1. The topological polar surface area (TPSA) is 51.6 Å². The van der Waals surface area contributed by atoms with Gasteiger partial charge in [0.05, 0.1) is 19.4 Å². The third kappa shape index (κ3) is 3.18. The molecule has 1 N–H and O–H groups in total. The molecule has 0 saturated heterocycles. The van der Waals surface area contributed by atoms with E-state index in [1.165, 1.54) is 0 Å². The van der Waals surface area contributed by atoms with Crippen molar-refractivity contribution < 1.29 is 14.6 Å². The second-order valence-corrected chi connectivity index (χ2v) is 3.50. The first-order valence-corrected chi connectivity index (χ1v) is 5.51. The fourth-order valence-corrected chi connectivity index (χ4v) is 1.57. The van der Waals surface area contributed by atoms with Crippen molar-refractivity contribution >= 4 is 0 Å². The summed E-state index contributed by atoms with van der Waals surface area (Å²) in [6.45, 7) is 4.49. The molecule has 0 aromatic carbocycles. The van der Waals surface area contributed by atoms with Gasteiger partial charge in [0.25, 0.3) is 0 Å². The van der Waals surface area contributed by atoms with Gasteiger partial charge in [0.1, 0.15) is 11.9 Å². The van der Waals surface area contributed by atoms with Crippen molar-refractivity contribution in [1.82, 2.24) is 4.98 Å². The fraction of sp³-hybridized carbons (Fsp3) is 0.583. The highest BCUT2D eigenvalue weighted by molar-refractivity contribution is 5.25. The minimum Gasteiger partial charge on any atom is -0.495 e. The number of hydrogen-bond acceptors (Lipinski definition) is 4. The highest BCUT2D eigenvalue weighted by Crippen LogP contribution is 2.23. The van der Waals surface area contributed by atoms with Gasteiger partial charge in [-0.05, 0) is 19.4 Å². The molecule has 4 nitrogen and oxygen atoms in total. The van der Waals surface area contributed by atoms with E-state index < -0.39 is 6.10 Å². The maximum atomic E-state index is 10.1. The molecule has 0 spiro atoms. The standard InChI is InChI=1S/C12H19NO3/c1-4-11(16-5-2)12(14)9-6-10(15-3)8-13-7-9/h6-8,11-12,14H,4-5H2,1-3H3. The number of methoxy groups -OCH3 is 1. The summed E-state index contributed by atoms with van der Waals surface area (Å²) < 4.78 is 10.5. The minimum absolute atomic E-state index is 0.195. The van der Waals surface area contributed by atoms with Gasteiger partial charge in [0, 0.05) is 18.4 Å². The largest absolute Gasteiger partial charge is 0.495 e. The molecule has 0 aliphatic rings. The molecule has 16 heavy (non-hydrogen) atoms. The first-order valence-electron chi connectivity index (χ1n) is 5.51. The zero-order chi connectivity index (χ0) is 12.0. The minimum atomic E-state index is -0.660. The Morgan fingerprint density at radius 1 is 1.38 bits per heavy atom. The van der Waals surface area contributed by atoms with E-state index in [1.807, 2.05) is 13.8 Å². The van der Waals surface area contributed by atoms with E-state index >= 15 is 0 Å². The lowest BCUT2D eigenvalue weighted by molar-refractivity contribution is -0.0357. The lowest BCUT2D eigenvalue weighted by atomic mass is 10.0. The Hall–Kier alpha value is -1.13. The van der Waals surface area contributed by atoms with Gasteiger partial charge in [-0.2, -0.15) is 0 Å². The molecule has 1 heterocycles. The van der Waals surface area contributed by atoms with Crippen LogP contribution in [0.3, 0.4) is 0 Å². The van der Waals surface area contributed by atoms with Gasteiger partial charge in [-0.1, -0.05) is 6.92 Å². The number of rotatable bonds is 6. The number of hydrogen-bond donors (Lipinski definition) is 1. The van der Waals surface area contributed by atoms with E-state index in [0.29, 0.717) is 12.4 Å². The third-order valence-corrected chi connectivity index (χ3v) is 2.45. The molecular weight excluding hydrogens is 206 g/mol. The average Bonchev–Trinajstić information content (AvgIpc) is 2.35. The second-order valence-electron chi connectivity index (χ2n) is 3.50. The van der Waals surface area contributed by atoms with E-state index in [0.717, 1.165) is 12.0 Å². The van der Waals surface area contributed by atoms with Crippen LogP contribution in [-0.4, -0.2) is 29.9 Å². The Bertz CT molecular complexity index is 317. The van der Waals surface area contributed by atoms with E-state index in [2.05, 4.69) is 4.98 Å². The first kappa shape index (κ1) is 12.9. The number of aliphatic hydroxyl groups is 1. The highest BCUT2D eigenvalue weighted by Gasteiger charge is 2.20. The van der Waals surface area contributed by atoms with Gasteiger partial charge >= 0.3 is 0 Å². The maximum absolute atomic E-state index is 10.1. The van der Waals surface area contributed by atoms with Crippen molar-refractivity contribution in [3.05, 3.63) is 24.0 Å². The Balaban J connectivity index is 2.80. The van der Waals surface area contributed by atoms with Crippen LogP contribution in [-0.2, 0) is 4.74 Å². The van der Waals surface area contributed by atoms with Crippen LogP contribution in [0.25, 0.3) is 0 Å². The summed E-state index contributed by atoms with van der Waals surface area (Å²) in [6, 6.07) is 1.78. The van der Waals surface area contributed by atoms with Crippen LogP contribution in [0.4, 0.5) is 0 Å². The Labute approximate surface area is 96.2 Å². The van der Waals surface area contributed by atoms with Gasteiger partial charge in [-0.25, -0.2) is 0 Å². The zero-order valence-electron chi connectivity index (χ0n) is 10.0. The third-order valence-electron chi connectivity index (χ3n) is 2.45. The molecule has 0 radical (unpaired) electrons. The van der Waals surface area contributed by atoms with Crippen molar-refractivity contribution in [2.45, 2.75) is 32.5 Å². The molecule has 0 bridgehead atoms. The molecule has 0 fully saturated rings. The molecule has 0 aliphatic carbocycles. The van der Waals surface area contributed by atoms with E-state index in [1.54, 1.807) is 25.6 Å². The van der Waals surface area contributed by atoms with Gasteiger partial charge in [0.2, 0.25) is 0 Å². The lowest BCUT2D eigenvalue weighted by Gasteiger charge is -2.21. The second kappa shape index (κ2) is 6.45.